The molecule has 28 heavy (non-hydrogen) atoms. The molecule has 1 heterocycles. The fourth-order valence-electron chi connectivity index (χ4n) is 3.01. The summed E-state index contributed by atoms with van der Waals surface area (Å²) in [6, 6.07) is 21.5. The molecule has 6 heteroatoms. The molecule has 0 fully saturated rings. The summed E-state index contributed by atoms with van der Waals surface area (Å²) in [4.78, 5) is 17.5. The van der Waals surface area contributed by atoms with Gasteiger partial charge in [0.25, 0.3) is 5.56 Å². The van der Waals surface area contributed by atoms with Crippen molar-refractivity contribution < 1.29 is 5.11 Å². The predicted octanol–water partition coefficient (Wildman–Crippen LogP) is 5.86. The molecule has 0 atom stereocenters. The maximum absolute atomic E-state index is 13.1. The number of hydrogen-bond donors (Lipinski definition) is 1. The van der Waals surface area contributed by atoms with Crippen LogP contribution in [-0.4, -0.2) is 15.9 Å². The van der Waals surface area contributed by atoms with Crippen LogP contribution in [0.25, 0.3) is 16.5 Å². The van der Waals surface area contributed by atoms with Crippen LogP contribution in [0.3, 0.4) is 0 Å². The molecule has 0 spiro atoms. The Morgan fingerprint density at radius 2 is 1.57 bits per heavy atom. The summed E-state index contributed by atoms with van der Waals surface area (Å²) in [7, 11) is 0. The Morgan fingerprint density at radius 3 is 2.29 bits per heavy atom. The fraction of sp³-hybridized carbons (Fsp3) is 0. The van der Waals surface area contributed by atoms with Crippen molar-refractivity contribution in [3.8, 4) is 11.6 Å². The first kappa shape index (κ1) is 18.5. The van der Waals surface area contributed by atoms with Crippen molar-refractivity contribution in [3.05, 3.63) is 98.2 Å². The van der Waals surface area contributed by atoms with E-state index in [0.717, 1.165) is 10.2 Å². The highest BCUT2D eigenvalue weighted by molar-refractivity contribution is 9.10. The van der Waals surface area contributed by atoms with Gasteiger partial charge in [-0.15, -0.1) is 0 Å². The topological polar surface area (TPSA) is 54.6 Å². The number of hydrogen-bond acceptors (Lipinski definition) is 3. The molecule has 4 rings (SSSR count). The van der Waals surface area contributed by atoms with Crippen LogP contribution in [0.15, 0.2) is 87.1 Å². The minimum atomic E-state index is -0.345. The van der Waals surface area contributed by atoms with Gasteiger partial charge in [-0.25, -0.2) is 4.57 Å². The predicted molar refractivity (Wildman–Crippen MR) is 118 cm³/mol. The smallest absolute Gasteiger partial charge is 0.265 e. The standard InChI is InChI=1S/C22H14BrClN2O2/c23-14-9-11-15(12-10-14)25-13-18-16-5-1-2-6-17(16)21(27)26(22(18)28)20-8-4-3-7-19(20)24/h1-13,28H. The second kappa shape index (κ2) is 7.62. The Balaban J connectivity index is 1.99. The first-order valence-corrected chi connectivity index (χ1v) is 9.64. The van der Waals surface area contributed by atoms with Gasteiger partial charge in [-0.3, -0.25) is 9.79 Å². The number of fused-ring (bicyclic) bond motifs is 1. The third-order valence-electron chi connectivity index (χ3n) is 4.37. The number of aromatic hydroxyl groups is 1. The summed E-state index contributed by atoms with van der Waals surface area (Å²) in [5.41, 5.74) is 1.23. The van der Waals surface area contributed by atoms with Crippen LogP contribution in [0, 0.1) is 0 Å². The SMILES string of the molecule is O=c1c2ccccc2c(C=Nc2ccc(Br)cc2)c(O)n1-c1ccccc1Cl. The van der Waals surface area contributed by atoms with Gasteiger partial charge in [-0.05, 0) is 42.5 Å². The number of pyridine rings is 1. The molecule has 4 aromatic rings. The summed E-state index contributed by atoms with van der Waals surface area (Å²) in [5, 5.41) is 12.4. The van der Waals surface area contributed by atoms with Crippen molar-refractivity contribution in [1.82, 2.24) is 4.57 Å². The zero-order valence-electron chi connectivity index (χ0n) is 14.5. The van der Waals surface area contributed by atoms with E-state index in [1.54, 1.807) is 48.7 Å². The highest BCUT2D eigenvalue weighted by atomic mass is 79.9. The van der Waals surface area contributed by atoms with Crippen molar-refractivity contribution in [2.45, 2.75) is 0 Å². The second-order valence-electron chi connectivity index (χ2n) is 6.11. The van der Waals surface area contributed by atoms with E-state index in [0.29, 0.717) is 27.0 Å². The number of aromatic nitrogens is 1. The van der Waals surface area contributed by atoms with Gasteiger partial charge in [0.05, 0.1) is 22.0 Å². The van der Waals surface area contributed by atoms with Crippen LogP contribution in [0.4, 0.5) is 5.69 Å². The quantitative estimate of drug-likeness (QED) is 0.395. The molecule has 0 bridgehead atoms. The monoisotopic (exact) mass is 452 g/mol. The fourth-order valence-corrected chi connectivity index (χ4v) is 3.50. The number of benzene rings is 3. The van der Waals surface area contributed by atoms with E-state index in [1.165, 1.54) is 4.57 Å². The van der Waals surface area contributed by atoms with Gasteiger partial charge in [0.1, 0.15) is 0 Å². The maximum atomic E-state index is 13.1. The van der Waals surface area contributed by atoms with Gasteiger partial charge in [-0.1, -0.05) is 57.9 Å². The Bertz CT molecular complexity index is 1260. The van der Waals surface area contributed by atoms with Crippen LogP contribution in [-0.2, 0) is 0 Å². The van der Waals surface area contributed by atoms with Crippen LogP contribution in [0.1, 0.15) is 5.56 Å². The molecule has 0 radical (unpaired) electrons. The van der Waals surface area contributed by atoms with Crippen molar-refractivity contribution >= 4 is 50.2 Å². The van der Waals surface area contributed by atoms with Crippen LogP contribution in [0.5, 0.6) is 5.88 Å². The largest absolute Gasteiger partial charge is 0.494 e. The average molecular weight is 454 g/mol. The molecule has 0 amide bonds. The molecular weight excluding hydrogens is 440 g/mol. The van der Waals surface area contributed by atoms with E-state index in [4.69, 9.17) is 11.6 Å². The highest BCUT2D eigenvalue weighted by Gasteiger charge is 2.17. The zero-order valence-corrected chi connectivity index (χ0v) is 16.9. The van der Waals surface area contributed by atoms with Crippen LogP contribution >= 0.6 is 27.5 Å². The lowest BCUT2D eigenvalue weighted by atomic mass is 10.1. The minimum absolute atomic E-state index is 0.210. The summed E-state index contributed by atoms with van der Waals surface area (Å²) in [6.45, 7) is 0. The van der Waals surface area contributed by atoms with Crippen molar-refractivity contribution in [3.63, 3.8) is 0 Å². The minimum Gasteiger partial charge on any atom is -0.494 e. The number of aliphatic imine (C=N–C) groups is 1. The second-order valence-corrected chi connectivity index (χ2v) is 7.43. The molecule has 4 nitrogen and oxygen atoms in total. The van der Waals surface area contributed by atoms with Gasteiger partial charge in [-0.2, -0.15) is 0 Å². The van der Waals surface area contributed by atoms with Gasteiger partial charge < -0.3 is 5.11 Å². The van der Waals surface area contributed by atoms with E-state index in [2.05, 4.69) is 20.9 Å². The summed E-state index contributed by atoms with van der Waals surface area (Å²) >= 11 is 9.68. The van der Waals surface area contributed by atoms with Gasteiger partial charge in [0.15, 0.2) is 0 Å². The molecule has 1 aromatic heterocycles. The Hall–Kier alpha value is -2.89. The van der Waals surface area contributed by atoms with Gasteiger partial charge >= 0.3 is 0 Å². The van der Waals surface area contributed by atoms with Gasteiger partial charge in [0.2, 0.25) is 5.88 Å². The van der Waals surface area contributed by atoms with Crippen molar-refractivity contribution in [2.75, 3.05) is 0 Å². The van der Waals surface area contributed by atoms with E-state index in [9.17, 15) is 9.90 Å². The number of para-hydroxylation sites is 1. The molecule has 0 saturated carbocycles. The molecule has 138 valence electrons. The number of rotatable bonds is 3. The average Bonchev–Trinajstić information content (AvgIpc) is 2.71. The van der Waals surface area contributed by atoms with E-state index >= 15 is 0 Å². The van der Waals surface area contributed by atoms with Crippen LogP contribution < -0.4 is 5.56 Å². The number of nitrogens with zero attached hydrogens (tertiary/aromatic N) is 2. The maximum Gasteiger partial charge on any atom is 0.265 e. The summed E-state index contributed by atoms with van der Waals surface area (Å²) in [5.74, 6) is -0.210. The molecule has 0 aliphatic heterocycles. The van der Waals surface area contributed by atoms with E-state index in [-0.39, 0.29) is 11.4 Å². The van der Waals surface area contributed by atoms with Crippen molar-refractivity contribution in [2.24, 2.45) is 4.99 Å². The van der Waals surface area contributed by atoms with E-state index < -0.39 is 0 Å². The Morgan fingerprint density at radius 1 is 0.929 bits per heavy atom. The lowest BCUT2D eigenvalue weighted by Crippen LogP contribution is -2.20. The number of halogens is 2. The van der Waals surface area contributed by atoms with Gasteiger partial charge in [0, 0.05) is 21.5 Å². The third kappa shape index (κ3) is 3.35. The Kier molecular flexibility index (Phi) is 5.03. The Labute approximate surface area is 174 Å². The molecule has 0 saturated heterocycles. The summed E-state index contributed by atoms with van der Waals surface area (Å²) in [6.07, 6.45) is 1.56. The first-order valence-electron chi connectivity index (χ1n) is 8.47. The summed E-state index contributed by atoms with van der Waals surface area (Å²) < 4.78 is 2.17. The molecule has 0 aliphatic rings. The molecular formula is C22H14BrClN2O2. The van der Waals surface area contributed by atoms with E-state index in [1.807, 2.05) is 30.3 Å². The molecule has 1 N–H and O–H groups in total. The normalized spacial score (nSPS) is 11.4. The lowest BCUT2D eigenvalue weighted by Gasteiger charge is -2.14. The first-order chi connectivity index (χ1) is 13.6. The zero-order chi connectivity index (χ0) is 19.7. The van der Waals surface area contributed by atoms with Crippen molar-refractivity contribution in [1.29, 1.82) is 0 Å². The molecule has 0 unspecified atom stereocenters. The molecule has 3 aromatic carbocycles. The highest BCUT2D eigenvalue weighted by Crippen LogP contribution is 2.29. The third-order valence-corrected chi connectivity index (χ3v) is 5.21. The molecule has 0 aliphatic carbocycles. The lowest BCUT2D eigenvalue weighted by molar-refractivity contribution is 0.436. The van der Waals surface area contributed by atoms with Crippen LogP contribution in [0.2, 0.25) is 5.02 Å².